The lowest BCUT2D eigenvalue weighted by molar-refractivity contribution is -0.131. The van der Waals surface area contributed by atoms with Gasteiger partial charge in [-0.3, -0.25) is 4.79 Å². The van der Waals surface area contributed by atoms with Gasteiger partial charge in [0.2, 0.25) is 0 Å². The molecule has 0 aliphatic heterocycles. The Balaban J connectivity index is 3.72. The third kappa shape index (κ3) is 3.00. The highest BCUT2D eigenvalue weighted by Crippen LogP contribution is 2.27. The van der Waals surface area contributed by atoms with Crippen molar-refractivity contribution in [3.63, 3.8) is 0 Å². The van der Waals surface area contributed by atoms with E-state index in [1.807, 2.05) is 20.8 Å². The van der Waals surface area contributed by atoms with Crippen LogP contribution in [-0.2, 0) is 34.8 Å². The van der Waals surface area contributed by atoms with Gasteiger partial charge in [-0.1, -0.05) is 30.5 Å². The van der Waals surface area contributed by atoms with E-state index in [2.05, 4.69) is 0 Å². The molecule has 0 aliphatic rings. The molecular formula is C12H14O2P2S2. The lowest BCUT2D eigenvalue weighted by Crippen LogP contribution is -2.24. The molecule has 0 bridgehead atoms. The molecule has 1 aromatic carbocycles. The highest BCUT2D eigenvalue weighted by molar-refractivity contribution is 8.02. The largest absolute Gasteiger partial charge is 0.425 e. The number of ether oxygens (including phenoxy) is 1. The van der Waals surface area contributed by atoms with Crippen LogP contribution in [0.15, 0.2) is 0 Å². The molecule has 1 rings (SSSR count). The first kappa shape index (κ1) is 15.8. The predicted molar refractivity (Wildman–Crippen MR) is 84.4 cm³/mol. The second kappa shape index (κ2) is 6.77. The molecule has 0 aromatic heterocycles. The average molecular weight is 316 g/mol. The number of rotatable bonds is 4. The lowest BCUT2D eigenvalue weighted by Gasteiger charge is -2.18. The van der Waals surface area contributed by atoms with Gasteiger partial charge in [0.15, 0.2) is 0 Å². The first-order valence-corrected chi connectivity index (χ1v) is 9.30. The highest BCUT2D eigenvalue weighted by Gasteiger charge is 2.19. The standard InChI is InChI=1S/C12H14O2P2S2/c1-5-9-6(2)7(3)11(15-17)12(16-18)10(9)14-8(4)13/h5H2,1-4H3. The van der Waals surface area contributed by atoms with Gasteiger partial charge in [0.05, 0.1) is 5.30 Å². The second-order valence-electron chi connectivity index (χ2n) is 3.88. The molecule has 18 heavy (non-hydrogen) atoms. The molecule has 2 nitrogen and oxygen atoms in total. The fraction of sp³-hybridized carbons (Fsp3) is 0.417. The van der Waals surface area contributed by atoms with Gasteiger partial charge in [-0.05, 0) is 37.0 Å². The third-order valence-corrected chi connectivity index (χ3v) is 5.49. The summed E-state index contributed by atoms with van der Waals surface area (Å²) in [6.45, 7) is 7.54. The quantitative estimate of drug-likeness (QED) is 0.485. The van der Waals surface area contributed by atoms with Crippen molar-refractivity contribution in [3.8, 4) is 5.75 Å². The molecule has 0 saturated carbocycles. The van der Waals surface area contributed by atoms with Crippen LogP contribution in [0, 0.1) is 13.8 Å². The molecular weight excluding hydrogens is 302 g/mol. The van der Waals surface area contributed by atoms with Gasteiger partial charge in [-0.15, -0.1) is 0 Å². The normalized spacial score (nSPS) is 10.9. The summed E-state index contributed by atoms with van der Waals surface area (Å²) in [5.41, 5.74) is 3.35. The Labute approximate surface area is 121 Å². The Morgan fingerprint density at radius 3 is 2.11 bits per heavy atom. The van der Waals surface area contributed by atoms with Crippen molar-refractivity contribution in [2.75, 3.05) is 0 Å². The van der Waals surface area contributed by atoms with E-state index in [9.17, 15) is 4.79 Å². The minimum Gasteiger partial charge on any atom is -0.425 e. The van der Waals surface area contributed by atoms with E-state index in [0.29, 0.717) is 13.1 Å². The van der Waals surface area contributed by atoms with Crippen molar-refractivity contribution in [3.05, 3.63) is 16.7 Å². The molecule has 0 heterocycles. The molecule has 0 atom stereocenters. The van der Waals surface area contributed by atoms with E-state index < -0.39 is 0 Å². The van der Waals surface area contributed by atoms with E-state index in [4.69, 9.17) is 28.4 Å². The fourth-order valence-electron chi connectivity index (χ4n) is 1.88. The van der Waals surface area contributed by atoms with Crippen molar-refractivity contribution in [2.45, 2.75) is 34.1 Å². The average Bonchev–Trinajstić information content (AvgIpc) is 2.33. The SMILES string of the molecule is CCc1c(C)c(C)c(P=S)c(P=S)c1OC(C)=O. The third-order valence-electron chi connectivity index (χ3n) is 2.87. The molecule has 0 N–H and O–H groups in total. The van der Waals surface area contributed by atoms with Crippen LogP contribution in [0.4, 0.5) is 0 Å². The van der Waals surface area contributed by atoms with E-state index in [-0.39, 0.29) is 5.97 Å². The van der Waals surface area contributed by atoms with Crippen LogP contribution in [0.25, 0.3) is 0 Å². The fourth-order valence-corrected chi connectivity index (χ4v) is 4.80. The zero-order valence-electron chi connectivity index (χ0n) is 10.7. The summed E-state index contributed by atoms with van der Waals surface area (Å²) in [6, 6.07) is 0. The Hall–Kier alpha value is -0.270. The first-order chi connectivity index (χ1) is 8.47. The van der Waals surface area contributed by atoms with Gasteiger partial charge in [0.1, 0.15) is 5.75 Å². The molecule has 0 unspecified atom stereocenters. The van der Waals surface area contributed by atoms with E-state index in [1.165, 1.54) is 6.92 Å². The summed E-state index contributed by atoms with van der Waals surface area (Å²) in [6.07, 6.45) is 0.807. The van der Waals surface area contributed by atoms with Crippen LogP contribution in [0.1, 0.15) is 30.5 Å². The molecule has 0 radical (unpaired) electrons. The number of hydrogen-bond donors (Lipinski definition) is 0. The Kier molecular flexibility index (Phi) is 5.94. The Morgan fingerprint density at radius 2 is 1.72 bits per heavy atom. The molecule has 0 spiro atoms. The molecule has 0 aliphatic carbocycles. The Bertz CT molecular complexity index is 528. The van der Waals surface area contributed by atoms with E-state index in [0.717, 1.165) is 41.1 Å². The number of carbonyl (C=O) groups is 1. The van der Waals surface area contributed by atoms with Gasteiger partial charge >= 0.3 is 5.97 Å². The second-order valence-corrected chi connectivity index (χ2v) is 6.24. The molecule has 0 saturated heterocycles. The van der Waals surface area contributed by atoms with Crippen LogP contribution in [0.3, 0.4) is 0 Å². The summed E-state index contributed by atoms with van der Waals surface area (Å²) < 4.78 is 5.37. The maximum atomic E-state index is 11.3. The van der Waals surface area contributed by atoms with Gasteiger partial charge in [0, 0.05) is 26.9 Å². The van der Waals surface area contributed by atoms with E-state index in [1.54, 1.807) is 0 Å². The topological polar surface area (TPSA) is 26.3 Å². The van der Waals surface area contributed by atoms with Crippen LogP contribution in [-0.4, -0.2) is 5.97 Å². The van der Waals surface area contributed by atoms with Gasteiger partial charge in [0.25, 0.3) is 0 Å². The van der Waals surface area contributed by atoms with Crippen LogP contribution in [0.5, 0.6) is 5.75 Å². The number of carbonyl (C=O) groups excluding carboxylic acids is 1. The molecule has 0 amide bonds. The zero-order chi connectivity index (χ0) is 13.9. The van der Waals surface area contributed by atoms with Crippen LogP contribution >= 0.6 is 14.7 Å². The number of hydrogen-bond acceptors (Lipinski definition) is 4. The van der Waals surface area contributed by atoms with Crippen molar-refractivity contribution in [1.29, 1.82) is 0 Å². The number of esters is 1. The van der Waals surface area contributed by atoms with Crippen LogP contribution in [0.2, 0.25) is 0 Å². The smallest absolute Gasteiger partial charge is 0.308 e. The van der Waals surface area contributed by atoms with E-state index >= 15 is 0 Å². The van der Waals surface area contributed by atoms with Gasteiger partial charge in [-0.25, -0.2) is 0 Å². The molecule has 96 valence electrons. The monoisotopic (exact) mass is 316 g/mol. The minimum atomic E-state index is -0.320. The Morgan fingerprint density at radius 1 is 1.17 bits per heavy atom. The predicted octanol–water partition coefficient (Wildman–Crippen LogP) is 2.86. The van der Waals surface area contributed by atoms with Crippen molar-refractivity contribution in [1.82, 2.24) is 0 Å². The van der Waals surface area contributed by atoms with Crippen LogP contribution < -0.4 is 15.3 Å². The summed E-state index contributed by atoms with van der Waals surface area (Å²) in [7, 11) is 1.41. The van der Waals surface area contributed by atoms with Crippen molar-refractivity contribution in [2.24, 2.45) is 0 Å². The first-order valence-electron chi connectivity index (χ1n) is 5.49. The molecule has 1 aromatic rings. The van der Waals surface area contributed by atoms with Crippen molar-refractivity contribution < 1.29 is 9.53 Å². The molecule has 0 fully saturated rings. The highest BCUT2D eigenvalue weighted by atomic mass is 32.4. The number of benzene rings is 1. The zero-order valence-corrected chi connectivity index (χ0v) is 14.2. The minimum absolute atomic E-state index is 0.320. The van der Waals surface area contributed by atoms with Gasteiger partial charge < -0.3 is 4.74 Å². The maximum Gasteiger partial charge on any atom is 0.308 e. The summed E-state index contributed by atoms with van der Waals surface area (Å²) in [5, 5.41) is 1.88. The van der Waals surface area contributed by atoms with Gasteiger partial charge in [-0.2, -0.15) is 0 Å². The van der Waals surface area contributed by atoms with Crippen molar-refractivity contribution >= 4 is 54.9 Å². The summed E-state index contributed by atoms with van der Waals surface area (Å²) in [4.78, 5) is 11.3. The lowest BCUT2D eigenvalue weighted by atomic mass is 10.00. The molecule has 6 heteroatoms. The maximum absolute atomic E-state index is 11.3. The summed E-state index contributed by atoms with van der Waals surface area (Å²) in [5.74, 6) is 0.303. The summed E-state index contributed by atoms with van der Waals surface area (Å²) >= 11 is 10.3.